The zero-order chi connectivity index (χ0) is 18.1. The third-order valence-corrected chi connectivity index (χ3v) is 4.03. The van der Waals surface area contributed by atoms with Gasteiger partial charge in [0.15, 0.2) is 0 Å². The van der Waals surface area contributed by atoms with Gasteiger partial charge in [0.2, 0.25) is 0 Å². The molecule has 2 aromatic rings. The molecule has 0 radical (unpaired) electrons. The van der Waals surface area contributed by atoms with Crippen LogP contribution in [0.3, 0.4) is 0 Å². The van der Waals surface area contributed by atoms with E-state index in [2.05, 4.69) is 23.7 Å². The van der Waals surface area contributed by atoms with Crippen molar-refractivity contribution in [2.75, 3.05) is 0 Å². The molecule has 0 spiro atoms. The molecule has 2 rings (SSSR count). The van der Waals surface area contributed by atoms with Crippen molar-refractivity contribution in [3.8, 4) is 0 Å². The average Bonchev–Trinajstić information content (AvgIpc) is 2.62. The lowest BCUT2D eigenvalue weighted by Crippen LogP contribution is -1.95. The van der Waals surface area contributed by atoms with Gasteiger partial charge in [-0.3, -0.25) is 4.99 Å². The topological polar surface area (TPSA) is 12.4 Å². The number of hydrogen-bond donors (Lipinski definition) is 0. The molecule has 0 amide bonds. The first-order chi connectivity index (χ1) is 12.1. The quantitative estimate of drug-likeness (QED) is 0.416. The fourth-order valence-corrected chi connectivity index (χ4v) is 2.56. The fourth-order valence-electron chi connectivity index (χ4n) is 2.56. The van der Waals surface area contributed by atoms with E-state index in [1.165, 1.54) is 11.6 Å². The minimum atomic E-state index is -0.187. The van der Waals surface area contributed by atoms with Crippen LogP contribution in [-0.2, 0) is 6.42 Å². The summed E-state index contributed by atoms with van der Waals surface area (Å²) in [7, 11) is 0. The molecule has 0 fully saturated rings. The van der Waals surface area contributed by atoms with Gasteiger partial charge in [0, 0.05) is 12.4 Å². The van der Waals surface area contributed by atoms with Gasteiger partial charge >= 0.3 is 0 Å². The van der Waals surface area contributed by atoms with Crippen molar-refractivity contribution >= 4 is 12.3 Å². The first-order valence-electron chi connectivity index (χ1n) is 8.42. The molecule has 25 heavy (non-hydrogen) atoms. The van der Waals surface area contributed by atoms with Crippen molar-refractivity contribution < 1.29 is 4.39 Å². The second-order valence-electron chi connectivity index (χ2n) is 5.89. The van der Waals surface area contributed by atoms with E-state index >= 15 is 0 Å². The first-order valence-corrected chi connectivity index (χ1v) is 8.42. The first kappa shape index (κ1) is 18.6. The van der Waals surface area contributed by atoms with E-state index in [0.29, 0.717) is 12.0 Å². The van der Waals surface area contributed by atoms with Gasteiger partial charge in [0.05, 0.1) is 0 Å². The molecule has 0 bridgehead atoms. The van der Waals surface area contributed by atoms with Crippen LogP contribution in [0.15, 0.2) is 83.5 Å². The third kappa shape index (κ3) is 5.68. The number of benzene rings is 2. The second-order valence-corrected chi connectivity index (χ2v) is 5.89. The molecular formula is C23H24FN. The van der Waals surface area contributed by atoms with Gasteiger partial charge in [-0.2, -0.15) is 0 Å². The van der Waals surface area contributed by atoms with Gasteiger partial charge < -0.3 is 0 Å². The predicted octanol–water partition coefficient (Wildman–Crippen LogP) is 6.31. The maximum absolute atomic E-state index is 13.8. The Kier molecular flexibility index (Phi) is 7.09. The lowest BCUT2D eigenvalue weighted by molar-refractivity contribution is 0.618. The highest BCUT2D eigenvalue weighted by Gasteiger charge is 2.07. The van der Waals surface area contributed by atoms with E-state index in [0.717, 1.165) is 23.1 Å². The minimum absolute atomic E-state index is 0.187. The standard InChI is InChI=1S/C23H24FN/c1-4-25-15-9-13-21(17-22-12-8-14-23(24)19(22)3)18(2)16-20-10-6-5-7-11-20/h4-12,14-15,17H,2,13,16H2,1,3H3/b15-9-,21-17-,25-4?. The highest BCUT2D eigenvalue weighted by atomic mass is 19.1. The van der Waals surface area contributed by atoms with Crippen LogP contribution in [0, 0.1) is 12.7 Å². The summed E-state index contributed by atoms with van der Waals surface area (Å²) in [6, 6.07) is 15.4. The Morgan fingerprint density at radius 1 is 1.12 bits per heavy atom. The lowest BCUT2D eigenvalue weighted by atomic mass is 9.94. The number of nitrogens with zero attached hydrogens (tertiary/aromatic N) is 1. The van der Waals surface area contributed by atoms with Gasteiger partial charge in [-0.05, 0) is 60.6 Å². The molecule has 0 saturated heterocycles. The number of rotatable bonds is 7. The highest BCUT2D eigenvalue weighted by Crippen LogP contribution is 2.23. The number of hydrogen-bond acceptors (Lipinski definition) is 1. The van der Waals surface area contributed by atoms with E-state index < -0.39 is 0 Å². The number of aliphatic imine (C=N–C) groups is 1. The molecule has 0 aliphatic heterocycles. The largest absolute Gasteiger partial charge is 0.270 e. The van der Waals surface area contributed by atoms with E-state index in [-0.39, 0.29) is 5.82 Å². The van der Waals surface area contributed by atoms with Gasteiger partial charge in [0.1, 0.15) is 5.82 Å². The molecule has 0 atom stereocenters. The fraction of sp³-hybridized carbons (Fsp3) is 0.174. The van der Waals surface area contributed by atoms with Gasteiger partial charge in [0.25, 0.3) is 0 Å². The summed E-state index contributed by atoms with van der Waals surface area (Å²) in [6.07, 6.45) is 9.03. The third-order valence-electron chi connectivity index (χ3n) is 4.03. The molecule has 0 aliphatic rings. The monoisotopic (exact) mass is 333 g/mol. The average molecular weight is 333 g/mol. The van der Waals surface area contributed by atoms with E-state index in [1.54, 1.807) is 25.4 Å². The van der Waals surface area contributed by atoms with Crippen molar-refractivity contribution in [2.24, 2.45) is 4.99 Å². The van der Waals surface area contributed by atoms with Crippen molar-refractivity contribution in [1.29, 1.82) is 0 Å². The number of allylic oxidation sites excluding steroid dienone is 3. The SMILES string of the molecule is C=C(Cc1ccccc1)/C(=C\c1cccc(F)c1C)C/C=C\N=CC. The van der Waals surface area contributed by atoms with Crippen LogP contribution in [0.2, 0.25) is 0 Å². The van der Waals surface area contributed by atoms with Crippen LogP contribution < -0.4 is 0 Å². The van der Waals surface area contributed by atoms with Crippen LogP contribution >= 0.6 is 0 Å². The summed E-state index contributed by atoms with van der Waals surface area (Å²) in [5.74, 6) is -0.187. The van der Waals surface area contributed by atoms with Crippen LogP contribution in [0.4, 0.5) is 4.39 Å². The lowest BCUT2D eigenvalue weighted by Gasteiger charge is -2.11. The zero-order valence-corrected chi connectivity index (χ0v) is 14.9. The molecule has 0 N–H and O–H groups in total. The van der Waals surface area contributed by atoms with E-state index in [1.807, 2.05) is 43.3 Å². The Balaban J connectivity index is 2.30. The summed E-state index contributed by atoms with van der Waals surface area (Å²) in [6.45, 7) is 7.95. The molecule has 128 valence electrons. The molecule has 0 unspecified atom stereocenters. The van der Waals surface area contributed by atoms with Gasteiger partial charge in [-0.15, -0.1) is 0 Å². The Morgan fingerprint density at radius 3 is 2.60 bits per heavy atom. The van der Waals surface area contributed by atoms with Crippen molar-refractivity contribution in [3.05, 3.63) is 101 Å². The highest BCUT2D eigenvalue weighted by molar-refractivity contribution is 5.62. The summed E-state index contributed by atoms with van der Waals surface area (Å²) in [4.78, 5) is 4.10. The molecule has 0 heterocycles. The molecule has 1 nitrogen and oxygen atoms in total. The second kappa shape index (κ2) is 9.53. The minimum Gasteiger partial charge on any atom is -0.270 e. The molecule has 2 heteroatoms. The molecule has 0 aromatic heterocycles. The summed E-state index contributed by atoms with van der Waals surface area (Å²) in [5, 5.41) is 0. The number of halogens is 1. The maximum Gasteiger partial charge on any atom is 0.126 e. The van der Waals surface area contributed by atoms with Gasteiger partial charge in [-0.25, -0.2) is 4.39 Å². The Hall–Kier alpha value is -2.74. The predicted molar refractivity (Wildman–Crippen MR) is 106 cm³/mol. The van der Waals surface area contributed by atoms with E-state index in [4.69, 9.17) is 0 Å². The molecule has 0 aliphatic carbocycles. The van der Waals surface area contributed by atoms with Crippen LogP contribution in [0.5, 0.6) is 0 Å². The summed E-state index contributed by atoms with van der Waals surface area (Å²) in [5.41, 5.74) is 4.87. The maximum atomic E-state index is 13.8. The summed E-state index contributed by atoms with van der Waals surface area (Å²) >= 11 is 0. The molecule has 2 aromatic carbocycles. The molecular weight excluding hydrogens is 309 g/mol. The Bertz CT molecular complexity index is 798. The zero-order valence-electron chi connectivity index (χ0n) is 14.9. The van der Waals surface area contributed by atoms with Crippen molar-refractivity contribution in [1.82, 2.24) is 0 Å². The Morgan fingerprint density at radius 2 is 1.88 bits per heavy atom. The van der Waals surface area contributed by atoms with Crippen molar-refractivity contribution in [2.45, 2.75) is 26.7 Å². The smallest absolute Gasteiger partial charge is 0.126 e. The molecule has 0 saturated carbocycles. The summed E-state index contributed by atoms with van der Waals surface area (Å²) < 4.78 is 13.8. The van der Waals surface area contributed by atoms with Crippen molar-refractivity contribution in [3.63, 3.8) is 0 Å². The normalized spacial score (nSPS) is 12.2. The van der Waals surface area contributed by atoms with Gasteiger partial charge in [-0.1, -0.05) is 61.2 Å². The van der Waals surface area contributed by atoms with Crippen LogP contribution in [-0.4, -0.2) is 6.21 Å². The van der Waals surface area contributed by atoms with Crippen LogP contribution in [0.25, 0.3) is 6.08 Å². The van der Waals surface area contributed by atoms with Crippen LogP contribution in [0.1, 0.15) is 30.0 Å². The van der Waals surface area contributed by atoms with E-state index in [9.17, 15) is 4.39 Å². The Labute approximate surface area is 149 Å².